The van der Waals surface area contributed by atoms with E-state index >= 15 is 0 Å². The molecule has 1 N–H and O–H groups in total. The SMILES string of the molecule is O=S(=O)(c1ccccc1C=NNc1cccc(C(F)(F)F)c1)N1CCCCC1. The van der Waals surface area contributed by atoms with Gasteiger partial charge in [-0.1, -0.05) is 30.7 Å². The molecule has 0 spiro atoms. The molecule has 0 saturated carbocycles. The van der Waals surface area contributed by atoms with Gasteiger partial charge in [0.2, 0.25) is 10.0 Å². The third-order valence-corrected chi connectivity index (χ3v) is 6.41. The average molecular weight is 411 g/mol. The molecule has 0 atom stereocenters. The number of nitrogens with one attached hydrogen (secondary N) is 1. The molecule has 2 aromatic carbocycles. The van der Waals surface area contributed by atoms with E-state index in [2.05, 4.69) is 10.5 Å². The minimum Gasteiger partial charge on any atom is -0.278 e. The Morgan fingerprint density at radius 1 is 1.00 bits per heavy atom. The molecular weight excluding hydrogens is 391 g/mol. The van der Waals surface area contributed by atoms with Crippen LogP contribution in [0.4, 0.5) is 18.9 Å². The quantitative estimate of drug-likeness (QED) is 0.589. The van der Waals surface area contributed by atoms with E-state index in [1.165, 1.54) is 28.7 Å². The van der Waals surface area contributed by atoms with Crippen LogP contribution in [0.5, 0.6) is 0 Å². The Balaban J connectivity index is 1.80. The lowest BCUT2D eigenvalue weighted by molar-refractivity contribution is -0.137. The van der Waals surface area contributed by atoms with Crippen LogP contribution in [0.1, 0.15) is 30.4 Å². The van der Waals surface area contributed by atoms with Crippen LogP contribution in [0, 0.1) is 0 Å². The second kappa shape index (κ2) is 8.32. The van der Waals surface area contributed by atoms with Gasteiger partial charge in [-0.25, -0.2) is 8.42 Å². The van der Waals surface area contributed by atoms with Gasteiger partial charge in [0, 0.05) is 18.7 Å². The zero-order chi connectivity index (χ0) is 20.2. The molecule has 2 aromatic rings. The lowest BCUT2D eigenvalue weighted by Gasteiger charge is -2.26. The van der Waals surface area contributed by atoms with Crippen molar-refractivity contribution in [3.63, 3.8) is 0 Å². The Morgan fingerprint density at radius 3 is 2.43 bits per heavy atom. The number of nitrogens with zero attached hydrogens (tertiary/aromatic N) is 2. The third kappa shape index (κ3) is 4.71. The molecule has 28 heavy (non-hydrogen) atoms. The first-order valence-corrected chi connectivity index (χ1v) is 10.3. The summed E-state index contributed by atoms with van der Waals surface area (Å²) in [7, 11) is -3.65. The van der Waals surface area contributed by atoms with Crippen molar-refractivity contribution in [1.82, 2.24) is 4.31 Å². The first kappa shape index (κ1) is 20.3. The number of hydrazone groups is 1. The zero-order valence-corrected chi connectivity index (χ0v) is 15.8. The van der Waals surface area contributed by atoms with E-state index in [-0.39, 0.29) is 10.6 Å². The number of benzene rings is 2. The molecule has 0 aliphatic carbocycles. The normalized spacial score (nSPS) is 16.4. The molecule has 3 rings (SSSR count). The van der Waals surface area contributed by atoms with Gasteiger partial charge >= 0.3 is 6.18 Å². The molecule has 1 aliphatic heterocycles. The second-order valence-corrected chi connectivity index (χ2v) is 8.36. The van der Waals surface area contributed by atoms with E-state index in [0.29, 0.717) is 18.7 Å². The Bertz CT molecular complexity index is 953. The molecule has 0 aromatic heterocycles. The number of halogens is 3. The number of hydrogen-bond acceptors (Lipinski definition) is 4. The van der Waals surface area contributed by atoms with Crippen LogP contribution in [0.25, 0.3) is 0 Å². The third-order valence-electron chi connectivity index (χ3n) is 4.44. The molecule has 1 fully saturated rings. The molecule has 1 saturated heterocycles. The fourth-order valence-electron chi connectivity index (χ4n) is 3.01. The minimum absolute atomic E-state index is 0.131. The van der Waals surface area contributed by atoms with Gasteiger partial charge in [-0.2, -0.15) is 22.6 Å². The predicted molar refractivity (Wildman–Crippen MR) is 102 cm³/mol. The topological polar surface area (TPSA) is 61.8 Å². The Kier molecular flexibility index (Phi) is 6.04. The van der Waals surface area contributed by atoms with Crippen molar-refractivity contribution < 1.29 is 21.6 Å². The molecule has 0 unspecified atom stereocenters. The van der Waals surface area contributed by atoms with Crippen LogP contribution in [0.15, 0.2) is 58.5 Å². The first-order valence-electron chi connectivity index (χ1n) is 8.84. The zero-order valence-electron chi connectivity index (χ0n) is 15.0. The van der Waals surface area contributed by atoms with Gasteiger partial charge in [-0.05, 0) is 37.1 Å². The summed E-state index contributed by atoms with van der Waals surface area (Å²) in [5, 5.41) is 3.93. The largest absolute Gasteiger partial charge is 0.416 e. The van der Waals surface area contributed by atoms with E-state index < -0.39 is 21.8 Å². The van der Waals surface area contributed by atoms with Crippen molar-refractivity contribution in [2.45, 2.75) is 30.3 Å². The number of anilines is 1. The summed E-state index contributed by atoms with van der Waals surface area (Å²) in [5.41, 5.74) is 2.26. The van der Waals surface area contributed by atoms with Crippen LogP contribution >= 0.6 is 0 Å². The molecule has 0 bridgehead atoms. The van der Waals surface area contributed by atoms with Gasteiger partial charge in [0.1, 0.15) is 0 Å². The molecule has 0 amide bonds. The average Bonchev–Trinajstić information content (AvgIpc) is 2.68. The molecule has 5 nitrogen and oxygen atoms in total. The molecule has 1 heterocycles. The molecule has 1 aliphatic rings. The smallest absolute Gasteiger partial charge is 0.278 e. The van der Waals surface area contributed by atoms with E-state index in [1.807, 2.05) is 0 Å². The highest BCUT2D eigenvalue weighted by molar-refractivity contribution is 7.89. The Hall–Kier alpha value is -2.39. The predicted octanol–water partition coefficient (Wildman–Crippen LogP) is 4.33. The number of hydrogen-bond donors (Lipinski definition) is 1. The van der Waals surface area contributed by atoms with Crippen molar-refractivity contribution in [2.24, 2.45) is 5.10 Å². The summed E-state index contributed by atoms with van der Waals surface area (Å²) >= 11 is 0. The van der Waals surface area contributed by atoms with Gasteiger partial charge in [0.15, 0.2) is 0 Å². The number of alkyl halides is 3. The highest BCUT2D eigenvalue weighted by Gasteiger charge is 2.30. The van der Waals surface area contributed by atoms with E-state index in [0.717, 1.165) is 31.4 Å². The maximum Gasteiger partial charge on any atom is 0.416 e. The second-order valence-electron chi connectivity index (χ2n) is 6.45. The molecule has 9 heteroatoms. The van der Waals surface area contributed by atoms with Crippen LogP contribution in [-0.4, -0.2) is 32.0 Å². The number of piperidine rings is 1. The van der Waals surface area contributed by atoms with Crippen LogP contribution in [0.2, 0.25) is 0 Å². The van der Waals surface area contributed by atoms with Crippen molar-refractivity contribution in [3.05, 3.63) is 59.7 Å². The minimum atomic E-state index is -4.45. The highest BCUT2D eigenvalue weighted by atomic mass is 32.2. The maximum absolute atomic E-state index is 12.9. The van der Waals surface area contributed by atoms with E-state index in [4.69, 9.17) is 0 Å². The monoisotopic (exact) mass is 411 g/mol. The highest BCUT2D eigenvalue weighted by Crippen LogP contribution is 2.30. The summed E-state index contributed by atoms with van der Waals surface area (Å²) in [5.74, 6) is 0. The summed E-state index contributed by atoms with van der Waals surface area (Å²) in [4.78, 5) is 0.131. The van der Waals surface area contributed by atoms with Crippen molar-refractivity contribution in [1.29, 1.82) is 0 Å². The standard InChI is InChI=1S/C19H20F3N3O2S/c20-19(21,22)16-8-6-9-17(13-16)24-23-14-15-7-2-3-10-18(15)28(26,27)25-11-4-1-5-12-25/h2-3,6-10,13-14,24H,1,4-5,11-12H2. The molecular formula is C19H20F3N3O2S. The van der Waals surface area contributed by atoms with Crippen molar-refractivity contribution in [3.8, 4) is 0 Å². The number of sulfonamides is 1. The number of rotatable bonds is 5. The van der Waals surface area contributed by atoms with Gasteiger partial charge in [0.25, 0.3) is 0 Å². The fourth-order valence-corrected chi connectivity index (χ4v) is 4.69. The lowest BCUT2D eigenvalue weighted by Crippen LogP contribution is -2.36. The summed E-state index contributed by atoms with van der Waals surface area (Å²) in [6.45, 7) is 0.965. The Morgan fingerprint density at radius 2 is 1.71 bits per heavy atom. The molecule has 0 radical (unpaired) electrons. The van der Waals surface area contributed by atoms with Gasteiger partial charge < -0.3 is 0 Å². The Labute approximate surface area is 161 Å². The summed E-state index contributed by atoms with van der Waals surface area (Å²) in [6, 6.07) is 11.1. The van der Waals surface area contributed by atoms with Crippen molar-refractivity contribution in [2.75, 3.05) is 18.5 Å². The van der Waals surface area contributed by atoms with Gasteiger partial charge in [-0.15, -0.1) is 0 Å². The van der Waals surface area contributed by atoms with Crippen LogP contribution < -0.4 is 5.43 Å². The van der Waals surface area contributed by atoms with Crippen LogP contribution in [0.3, 0.4) is 0 Å². The van der Waals surface area contributed by atoms with E-state index in [9.17, 15) is 21.6 Å². The fraction of sp³-hybridized carbons (Fsp3) is 0.316. The molecule has 150 valence electrons. The first-order chi connectivity index (χ1) is 13.3. The maximum atomic E-state index is 12.9. The van der Waals surface area contributed by atoms with Gasteiger partial charge in [-0.3, -0.25) is 5.43 Å². The van der Waals surface area contributed by atoms with Crippen molar-refractivity contribution >= 4 is 21.9 Å². The lowest BCUT2D eigenvalue weighted by atomic mass is 10.2. The summed E-state index contributed by atoms with van der Waals surface area (Å²) in [6.07, 6.45) is -0.483. The van der Waals surface area contributed by atoms with Crippen LogP contribution in [-0.2, 0) is 16.2 Å². The van der Waals surface area contributed by atoms with Gasteiger partial charge in [0.05, 0.1) is 22.4 Å². The van der Waals surface area contributed by atoms with E-state index in [1.54, 1.807) is 18.2 Å². The summed E-state index contributed by atoms with van der Waals surface area (Å²) < 4.78 is 65.6.